The van der Waals surface area contributed by atoms with Crippen LogP contribution in [0.2, 0.25) is 0 Å². The van der Waals surface area contributed by atoms with E-state index in [1.54, 1.807) is 6.92 Å². The van der Waals surface area contributed by atoms with E-state index in [4.69, 9.17) is 5.11 Å². The third-order valence-electron chi connectivity index (χ3n) is 2.93. The maximum Gasteiger partial charge on any atom is 0.308 e. The minimum Gasteiger partial charge on any atom is -0.481 e. The molecule has 0 radical (unpaired) electrons. The number of hydrogen-bond acceptors (Lipinski definition) is 2. The maximum atomic E-state index is 13.3. The molecule has 0 aliphatic heterocycles. The van der Waals surface area contributed by atoms with Crippen LogP contribution in [0.25, 0.3) is 0 Å². The summed E-state index contributed by atoms with van der Waals surface area (Å²) in [7, 11) is 0. The van der Waals surface area contributed by atoms with Gasteiger partial charge in [0.25, 0.3) is 5.91 Å². The first kappa shape index (κ1) is 15.1. The predicted molar refractivity (Wildman–Crippen MR) is 69.5 cm³/mol. The second kappa shape index (κ2) is 6.87. The molecule has 5 heteroatoms. The van der Waals surface area contributed by atoms with Crippen molar-refractivity contribution in [1.29, 1.82) is 0 Å². The van der Waals surface area contributed by atoms with Gasteiger partial charge in [-0.15, -0.1) is 0 Å². The summed E-state index contributed by atoms with van der Waals surface area (Å²) in [6.07, 6.45) is 1.23. The molecule has 0 aromatic heterocycles. The van der Waals surface area contributed by atoms with E-state index in [2.05, 4.69) is 5.32 Å². The van der Waals surface area contributed by atoms with E-state index in [0.29, 0.717) is 12.0 Å². The Morgan fingerprint density at radius 3 is 2.63 bits per heavy atom. The van der Waals surface area contributed by atoms with Crippen LogP contribution in [0.1, 0.15) is 35.7 Å². The SMILES string of the molecule is CCCC(CNC(=O)c1ccc(C)c(F)c1)C(=O)O. The number of carboxylic acids is 1. The van der Waals surface area contributed by atoms with Crippen LogP contribution in [0.15, 0.2) is 18.2 Å². The zero-order valence-corrected chi connectivity index (χ0v) is 11.1. The van der Waals surface area contributed by atoms with E-state index in [0.717, 1.165) is 12.5 Å². The van der Waals surface area contributed by atoms with Crippen LogP contribution in [0, 0.1) is 18.7 Å². The van der Waals surface area contributed by atoms with Crippen molar-refractivity contribution in [3.63, 3.8) is 0 Å². The summed E-state index contributed by atoms with van der Waals surface area (Å²) in [6, 6.07) is 4.19. The van der Waals surface area contributed by atoms with Crippen molar-refractivity contribution in [2.24, 2.45) is 5.92 Å². The molecule has 0 spiro atoms. The lowest BCUT2D eigenvalue weighted by Gasteiger charge is -2.12. The van der Waals surface area contributed by atoms with Crippen molar-refractivity contribution in [2.45, 2.75) is 26.7 Å². The Kier molecular flexibility index (Phi) is 5.48. The number of nitrogens with one attached hydrogen (secondary N) is 1. The van der Waals surface area contributed by atoms with Gasteiger partial charge in [0.1, 0.15) is 5.82 Å². The van der Waals surface area contributed by atoms with E-state index in [1.165, 1.54) is 12.1 Å². The number of halogens is 1. The average Bonchev–Trinajstić information content (AvgIpc) is 2.37. The van der Waals surface area contributed by atoms with Gasteiger partial charge in [0.05, 0.1) is 5.92 Å². The van der Waals surface area contributed by atoms with E-state index in [9.17, 15) is 14.0 Å². The van der Waals surface area contributed by atoms with E-state index in [-0.39, 0.29) is 12.1 Å². The molecule has 1 unspecified atom stereocenters. The molecule has 19 heavy (non-hydrogen) atoms. The minimum atomic E-state index is -0.933. The zero-order valence-electron chi connectivity index (χ0n) is 11.1. The molecule has 0 saturated heterocycles. The fourth-order valence-corrected chi connectivity index (χ4v) is 1.71. The highest BCUT2D eigenvalue weighted by Crippen LogP contribution is 2.10. The predicted octanol–water partition coefficient (Wildman–Crippen LogP) is 2.36. The third-order valence-corrected chi connectivity index (χ3v) is 2.93. The zero-order chi connectivity index (χ0) is 14.4. The van der Waals surface area contributed by atoms with Crippen molar-refractivity contribution in [3.05, 3.63) is 35.1 Å². The Hall–Kier alpha value is -1.91. The van der Waals surface area contributed by atoms with Gasteiger partial charge in [-0.25, -0.2) is 4.39 Å². The maximum absolute atomic E-state index is 13.3. The van der Waals surface area contributed by atoms with Gasteiger partial charge in [-0.3, -0.25) is 9.59 Å². The Morgan fingerprint density at radius 1 is 1.42 bits per heavy atom. The monoisotopic (exact) mass is 267 g/mol. The quantitative estimate of drug-likeness (QED) is 0.831. The van der Waals surface area contributed by atoms with Crippen LogP contribution in [0.5, 0.6) is 0 Å². The van der Waals surface area contributed by atoms with Gasteiger partial charge in [-0.2, -0.15) is 0 Å². The molecule has 1 amide bonds. The number of hydrogen-bond donors (Lipinski definition) is 2. The Labute approximate surface area is 111 Å². The fourth-order valence-electron chi connectivity index (χ4n) is 1.71. The molecule has 1 aromatic rings. The summed E-state index contributed by atoms with van der Waals surface area (Å²) in [6.45, 7) is 3.54. The van der Waals surface area contributed by atoms with Crippen molar-refractivity contribution in [3.8, 4) is 0 Å². The summed E-state index contributed by atoms with van der Waals surface area (Å²) in [5.41, 5.74) is 0.662. The van der Waals surface area contributed by atoms with Gasteiger partial charge in [0.2, 0.25) is 0 Å². The molecule has 0 bridgehead atoms. The number of carbonyl (C=O) groups excluding carboxylic acids is 1. The lowest BCUT2D eigenvalue weighted by Crippen LogP contribution is -2.33. The van der Waals surface area contributed by atoms with Crippen molar-refractivity contribution in [1.82, 2.24) is 5.32 Å². The molecule has 1 atom stereocenters. The van der Waals surface area contributed by atoms with Gasteiger partial charge in [0, 0.05) is 12.1 Å². The molecule has 1 aromatic carbocycles. The van der Waals surface area contributed by atoms with Crippen molar-refractivity contribution < 1.29 is 19.1 Å². The van der Waals surface area contributed by atoms with Gasteiger partial charge < -0.3 is 10.4 Å². The topological polar surface area (TPSA) is 66.4 Å². The molecule has 4 nitrogen and oxygen atoms in total. The number of rotatable bonds is 6. The number of carboxylic acid groups (broad SMARTS) is 1. The first-order valence-electron chi connectivity index (χ1n) is 6.22. The smallest absolute Gasteiger partial charge is 0.308 e. The normalized spacial score (nSPS) is 11.9. The minimum absolute atomic E-state index is 0.0531. The molecule has 0 aliphatic carbocycles. The summed E-state index contributed by atoms with van der Waals surface area (Å²) in [5, 5.41) is 11.5. The molecule has 104 valence electrons. The molecule has 0 aliphatic rings. The standard InChI is InChI=1S/C14H18FNO3/c1-3-4-11(14(18)19)8-16-13(17)10-6-5-9(2)12(15)7-10/h5-7,11H,3-4,8H2,1-2H3,(H,16,17)(H,18,19). The van der Waals surface area contributed by atoms with Gasteiger partial charge in [0.15, 0.2) is 0 Å². The van der Waals surface area contributed by atoms with Crippen molar-refractivity contribution >= 4 is 11.9 Å². The number of amides is 1. The van der Waals surface area contributed by atoms with E-state index < -0.39 is 23.6 Å². The second-order valence-corrected chi connectivity index (χ2v) is 4.50. The first-order chi connectivity index (χ1) is 8.95. The molecule has 0 saturated carbocycles. The van der Waals surface area contributed by atoms with Gasteiger partial charge in [-0.1, -0.05) is 19.4 Å². The van der Waals surface area contributed by atoms with Gasteiger partial charge >= 0.3 is 5.97 Å². The summed E-state index contributed by atoms with van der Waals surface area (Å²) >= 11 is 0. The molecular formula is C14H18FNO3. The molecule has 0 heterocycles. The molecule has 2 N–H and O–H groups in total. The highest BCUT2D eigenvalue weighted by atomic mass is 19.1. The largest absolute Gasteiger partial charge is 0.481 e. The van der Waals surface area contributed by atoms with Crippen LogP contribution in [-0.2, 0) is 4.79 Å². The highest BCUT2D eigenvalue weighted by molar-refractivity contribution is 5.94. The second-order valence-electron chi connectivity index (χ2n) is 4.50. The van der Waals surface area contributed by atoms with E-state index in [1.807, 2.05) is 6.92 Å². The number of carbonyl (C=O) groups is 2. The van der Waals surface area contributed by atoms with E-state index >= 15 is 0 Å². The lowest BCUT2D eigenvalue weighted by molar-refractivity contribution is -0.141. The van der Waals surface area contributed by atoms with Crippen molar-refractivity contribution in [2.75, 3.05) is 6.54 Å². The number of aryl methyl sites for hydroxylation is 1. The Bertz CT molecular complexity index is 474. The Balaban J connectivity index is 2.63. The van der Waals surface area contributed by atoms with Crippen LogP contribution in [-0.4, -0.2) is 23.5 Å². The van der Waals surface area contributed by atoms with Gasteiger partial charge in [-0.05, 0) is 31.0 Å². The number of benzene rings is 1. The summed E-state index contributed by atoms with van der Waals surface area (Å²) in [4.78, 5) is 22.7. The summed E-state index contributed by atoms with van der Waals surface area (Å²) in [5.74, 6) is -2.45. The third kappa shape index (κ3) is 4.35. The summed E-state index contributed by atoms with van der Waals surface area (Å²) < 4.78 is 13.3. The van der Waals surface area contributed by atoms with Crippen LogP contribution in [0.4, 0.5) is 4.39 Å². The first-order valence-corrected chi connectivity index (χ1v) is 6.22. The number of aliphatic carboxylic acids is 1. The van der Waals surface area contributed by atoms with Crippen LogP contribution >= 0.6 is 0 Å². The molecule has 0 fully saturated rings. The highest BCUT2D eigenvalue weighted by Gasteiger charge is 2.17. The fraction of sp³-hybridized carbons (Fsp3) is 0.429. The molecular weight excluding hydrogens is 249 g/mol. The van der Waals surface area contributed by atoms with Crippen LogP contribution in [0.3, 0.4) is 0 Å². The lowest BCUT2D eigenvalue weighted by atomic mass is 10.0. The molecule has 1 rings (SSSR count). The van der Waals surface area contributed by atoms with Crippen LogP contribution < -0.4 is 5.32 Å². The Morgan fingerprint density at radius 2 is 2.11 bits per heavy atom. The average molecular weight is 267 g/mol.